The normalized spacial score (nSPS) is 18.3. The van der Waals surface area contributed by atoms with Crippen LogP contribution in [-0.4, -0.2) is 72.4 Å². The zero-order valence-electron chi connectivity index (χ0n) is 28.4. The Hall–Kier alpha value is -3.25. The summed E-state index contributed by atoms with van der Waals surface area (Å²) in [7, 11) is 0. The number of rotatable bonds is 15. The third kappa shape index (κ3) is 10.6. The molecule has 2 heterocycles. The van der Waals surface area contributed by atoms with Gasteiger partial charge in [-0.15, -0.1) is 0 Å². The quantitative estimate of drug-likeness (QED) is 0.144. The number of hydrogen-bond acceptors (Lipinski definition) is 6. The minimum atomic E-state index is -5.28. The van der Waals surface area contributed by atoms with Crippen molar-refractivity contribution in [2.45, 2.75) is 108 Å². The van der Waals surface area contributed by atoms with E-state index in [4.69, 9.17) is 15.6 Å². The topological polar surface area (TPSA) is 80.5 Å². The van der Waals surface area contributed by atoms with Gasteiger partial charge in [0.15, 0.2) is 5.78 Å². The van der Waals surface area contributed by atoms with Crippen molar-refractivity contribution in [3.8, 4) is 5.75 Å². The molecule has 2 fully saturated rings. The van der Waals surface area contributed by atoms with Gasteiger partial charge < -0.3 is 25.4 Å². The fraction of sp³-hybridized carbons (Fsp3) is 0.595. The Kier molecular flexibility index (Phi) is 13.1. The summed E-state index contributed by atoms with van der Waals surface area (Å²) >= 11 is 0. The van der Waals surface area contributed by atoms with Crippen molar-refractivity contribution in [1.82, 2.24) is 9.80 Å². The van der Waals surface area contributed by atoms with Gasteiger partial charge >= 0.3 is 12.4 Å². The molecule has 4 rings (SSSR count). The summed E-state index contributed by atoms with van der Waals surface area (Å²) in [5.74, 6) is 0.0203. The van der Waals surface area contributed by atoms with Crippen LogP contribution in [0, 0.1) is 10.8 Å². The molecule has 270 valence electrons. The van der Waals surface area contributed by atoms with Crippen LogP contribution in [0.3, 0.4) is 0 Å². The molecule has 0 aliphatic carbocycles. The van der Waals surface area contributed by atoms with Gasteiger partial charge in [-0.2, -0.15) is 26.3 Å². The summed E-state index contributed by atoms with van der Waals surface area (Å²) in [6.07, 6.45) is -3.98. The maximum absolute atomic E-state index is 14.2. The minimum Gasteiger partial charge on any atom is -0.491 e. The Morgan fingerprint density at radius 2 is 1.59 bits per heavy atom. The fourth-order valence-corrected chi connectivity index (χ4v) is 7.29. The minimum absolute atomic E-state index is 0.0113. The first-order valence-corrected chi connectivity index (χ1v) is 17.2. The highest BCUT2D eigenvalue weighted by atomic mass is 19.4. The van der Waals surface area contributed by atoms with Crippen molar-refractivity contribution in [2.24, 2.45) is 0 Å². The Labute approximate surface area is 285 Å². The molecule has 49 heavy (non-hydrogen) atoms. The molecule has 6 nitrogen and oxygen atoms in total. The van der Waals surface area contributed by atoms with Gasteiger partial charge in [0.2, 0.25) is 0 Å². The van der Waals surface area contributed by atoms with Crippen molar-refractivity contribution in [3.05, 3.63) is 64.7 Å². The summed E-state index contributed by atoms with van der Waals surface area (Å²) in [4.78, 5) is 18.2. The highest BCUT2D eigenvalue weighted by Crippen LogP contribution is 2.45. The van der Waals surface area contributed by atoms with Crippen molar-refractivity contribution in [1.29, 1.82) is 10.8 Å². The number of hydrogen-bond donors (Lipinski definition) is 2. The third-order valence-corrected chi connectivity index (χ3v) is 9.87. The van der Waals surface area contributed by atoms with Crippen LogP contribution >= 0.6 is 0 Å². The number of ketones is 1. The van der Waals surface area contributed by atoms with Gasteiger partial charge in [0.1, 0.15) is 5.75 Å². The van der Waals surface area contributed by atoms with E-state index >= 15 is 0 Å². The van der Waals surface area contributed by atoms with E-state index in [0.717, 1.165) is 51.3 Å². The van der Waals surface area contributed by atoms with E-state index in [2.05, 4.69) is 9.80 Å². The fourth-order valence-electron chi connectivity index (χ4n) is 7.29. The zero-order valence-corrected chi connectivity index (χ0v) is 28.4. The number of benzene rings is 2. The van der Waals surface area contributed by atoms with Gasteiger partial charge in [-0.25, -0.2) is 0 Å². The SMILES string of the molecule is CC(C)Oc1cccc(CC(=O)C(=N)C[C@](CCC=N)(CCN2CCC(N3CCCCC3)CC2)c2ccc(C(F)(F)F)c(C(F)(F)F)c2)c1. The standard InChI is InChI=1S/C37H48F6N4O2/c1-26(2)49-30-9-6-8-27(22-30)23-34(48)33(45)25-35(14-7-16-44,28-10-11-31(36(38,39)40)32(24-28)37(41,42)43)15-21-46-19-12-29(13-20-46)47-17-4-3-5-18-47/h6,8-11,16,22,24,26,29,44-45H,3-5,7,12-15,17-21,23,25H2,1-2H3/t35-/m0/s1. The predicted molar refractivity (Wildman–Crippen MR) is 179 cm³/mol. The second kappa shape index (κ2) is 16.6. The molecule has 2 N–H and O–H groups in total. The van der Waals surface area contributed by atoms with Crippen molar-refractivity contribution in [3.63, 3.8) is 0 Å². The molecule has 12 heteroatoms. The van der Waals surface area contributed by atoms with Crippen LogP contribution in [0.15, 0.2) is 42.5 Å². The zero-order chi connectivity index (χ0) is 35.8. The van der Waals surface area contributed by atoms with E-state index in [-0.39, 0.29) is 49.5 Å². The number of nitrogens with one attached hydrogen (secondary N) is 2. The van der Waals surface area contributed by atoms with Crippen LogP contribution in [0.25, 0.3) is 0 Å². The van der Waals surface area contributed by atoms with Gasteiger partial charge in [-0.1, -0.05) is 24.6 Å². The lowest BCUT2D eigenvalue weighted by molar-refractivity contribution is -0.162. The molecule has 0 amide bonds. The van der Waals surface area contributed by atoms with E-state index in [1.807, 2.05) is 13.8 Å². The van der Waals surface area contributed by atoms with Crippen molar-refractivity contribution in [2.75, 3.05) is 32.7 Å². The summed E-state index contributed by atoms with van der Waals surface area (Å²) in [5.41, 5.74) is -4.59. The van der Waals surface area contributed by atoms with E-state index in [9.17, 15) is 31.1 Å². The molecular weight excluding hydrogens is 646 g/mol. The first kappa shape index (κ1) is 38.6. The molecule has 0 bridgehead atoms. The molecule has 2 aromatic carbocycles. The lowest BCUT2D eigenvalue weighted by Crippen LogP contribution is -2.47. The van der Waals surface area contributed by atoms with E-state index < -0.39 is 34.7 Å². The Bertz CT molecular complexity index is 1430. The smallest absolute Gasteiger partial charge is 0.417 e. The number of Topliss-reactive ketones (excluding diaryl/α,β-unsaturated/α-hetero) is 1. The van der Waals surface area contributed by atoms with Crippen LogP contribution in [0.2, 0.25) is 0 Å². The lowest BCUT2D eigenvalue weighted by Gasteiger charge is -2.42. The molecule has 1 atom stereocenters. The number of piperidine rings is 2. The largest absolute Gasteiger partial charge is 0.491 e. The summed E-state index contributed by atoms with van der Waals surface area (Å²) in [5, 5.41) is 16.6. The number of likely N-dealkylation sites (tertiary alicyclic amines) is 2. The van der Waals surface area contributed by atoms with Crippen LogP contribution in [-0.2, 0) is 29.0 Å². The molecule has 2 aliphatic heterocycles. The van der Waals surface area contributed by atoms with E-state index in [0.29, 0.717) is 36.0 Å². The van der Waals surface area contributed by atoms with Crippen molar-refractivity contribution < 1.29 is 35.9 Å². The Morgan fingerprint density at radius 1 is 0.918 bits per heavy atom. The predicted octanol–water partition coefficient (Wildman–Crippen LogP) is 8.74. The second-order valence-electron chi connectivity index (χ2n) is 13.8. The maximum Gasteiger partial charge on any atom is 0.417 e. The summed E-state index contributed by atoms with van der Waals surface area (Å²) in [6, 6.07) is 9.46. The second-order valence-corrected chi connectivity index (χ2v) is 13.8. The average molecular weight is 695 g/mol. The first-order chi connectivity index (χ1) is 23.1. The highest BCUT2D eigenvalue weighted by Gasteiger charge is 2.45. The summed E-state index contributed by atoms with van der Waals surface area (Å²) in [6.45, 7) is 7.87. The van der Waals surface area contributed by atoms with Gasteiger partial charge in [0.05, 0.1) is 22.9 Å². The summed E-state index contributed by atoms with van der Waals surface area (Å²) < 4.78 is 89.5. The van der Waals surface area contributed by atoms with Gasteiger partial charge in [-0.05, 0) is 133 Å². The molecule has 0 saturated carbocycles. The Morgan fingerprint density at radius 3 is 2.20 bits per heavy atom. The van der Waals surface area contributed by atoms with Crippen LogP contribution in [0.4, 0.5) is 26.3 Å². The molecule has 0 spiro atoms. The molecule has 0 aromatic heterocycles. The third-order valence-electron chi connectivity index (χ3n) is 9.87. The first-order valence-electron chi connectivity index (χ1n) is 17.2. The number of alkyl halides is 6. The van der Waals surface area contributed by atoms with Gasteiger partial charge in [0, 0.05) is 24.3 Å². The number of nitrogens with zero attached hydrogens (tertiary/aromatic N) is 2. The number of carbonyl (C=O) groups is 1. The number of ether oxygens (including phenoxy) is 1. The Balaban J connectivity index is 1.64. The molecule has 0 radical (unpaired) electrons. The monoisotopic (exact) mass is 694 g/mol. The van der Waals surface area contributed by atoms with E-state index in [1.54, 1.807) is 24.3 Å². The highest BCUT2D eigenvalue weighted by molar-refractivity contribution is 6.39. The van der Waals surface area contributed by atoms with Gasteiger partial charge in [-0.3, -0.25) is 4.79 Å². The van der Waals surface area contributed by atoms with Crippen LogP contribution < -0.4 is 4.74 Å². The van der Waals surface area contributed by atoms with Crippen LogP contribution in [0.5, 0.6) is 5.75 Å². The number of carbonyl (C=O) groups excluding carboxylic acids is 1. The lowest BCUT2D eigenvalue weighted by atomic mass is 9.69. The van der Waals surface area contributed by atoms with E-state index in [1.165, 1.54) is 19.3 Å². The molecule has 2 aliphatic rings. The molecule has 2 aromatic rings. The number of halogens is 6. The molecule has 0 unspecified atom stereocenters. The average Bonchev–Trinajstić information content (AvgIpc) is 3.05. The molecular formula is C37H48F6N4O2. The van der Waals surface area contributed by atoms with Crippen LogP contribution in [0.1, 0.15) is 93.9 Å². The van der Waals surface area contributed by atoms with Crippen molar-refractivity contribution >= 4 is 17.7 Å². The van der Waals surface area contributed by atoms with Gasteiger partial charge in [0.25, 0.3) is 0 Å². The maximum atomic E-state index is 14.2. The molecule has 2 saturated heterocycles.